The van der Waals surface area contributed by atoms with Crippen molar-refractivity contribution in [3.8, 4) is 0 Å². The number of ether oxygens (including phenoxy) is 2. The van der Waals surface area contributed by atoms with Crippen LogP contribution in [0.15, 0.2) is 84.2 Å². The van der Waals surface area contributed by atoms with E-state index in [9.17, 15) is 4.79 Å². The van der Waals surface area contributed by atoms with E-state index in [4.69, 9.17) is 9.47 Å². The maximum Gasteiger partial charge on any atom is 0.335 e. The van der Waals surface area contributed by atoms with Crippen LogP contribution in [0, 0.1) is 0 Å². The molecule has 0 fully saturated rings. The van der Waals surface area contributed by atoms with Crippen molar-refractivity contribution in [2.75, 3.05) is 7.11 Å². The fourth-order valence-corrected chi connectivity index (χ4v) is 4.14. The largest absolute Gasteiger partial charge is 0.467 e. The van der Waals surface area contributed by atoms with E-state index in [1.54, 1.807) is 11.3 Å². The van der Waals surface area contributed by atoms with E-state index in [1.165, 1.54) is 12.0 Å². The molecule has 2 unspecified atom stereocenters. The van der Waals surface area contributed by atoms with Gasteiger partial charge in [0.15, 0.2) is 12.1 Å². The van der Waals surface area contributed by atoms with Crippen molar-refractivity contribution in [3.63, 3.8) is 0 Å². The van der Waals surface area contributed by atoms with Crippen LogP contribution in [0.4, 0.5) is 0 Å². The number of carbonyl (C=O) groups is 1. The number of hydrogen-bond acceptors (Lipinski definition) is 6. The Hall–Kier alpha value is -3.12. The van der Waals surface area contributed by atoms with Gasteiger partial charge in [-0.1, -0.05) is 30.4 Å². The highest BCUT2D eigenvalue weighted by molar-refractivity contribution is 7.12. The predicted octanol–water partition coefficient (Wildman–Crippen LogP) is 4.21. The average molecular weight is 392 g/mol. The second-order valence-corrected chi connectivity index (χ2v) is 7.55. The van der Waals surface area contributed by atoms with Crippen molar-refractivity contribution in [2.24, 2.45) is 4.99 Å². The SMILES string of the molecule is COC(=O)C1N=C(c2ccccc2)OC1c1ccc(CN2C=CC=CC=C2)s1. The average Bonchev–Trinajstić information content (AvgIpc) is 3.29. The number of aliphatic imine (C=N–C) groups is 1. The molecule has 2 aliphatic heterocycles. The van der Waals surface area contributed by atoms with Crippen LogP contribution in [0.3, 0.4) is 0 Å². The highest BCUT2D eigenvalue weighted by Crippen LogP contribution is 2.36. The summed E-state index contributed by atoms with van der Waals surface area (Å²) in [5.74, 6) is 0.0794. The Kier molecular flexibility index (Phi) is 5.39. The topological polar surface area (TPSA) is 51.1 Å². The lowest BCUT2D eigenvalue weighted by molar-refractivity contribution is -0.143. The number of allylic oxidation sites excluding steroid dienone is 4. The van der Waals surface area contributed by atoms with E-state index in [0.717, 1.165) is 17.0 Å². The summed E-state index contributed by atoms with van der Waals surface area (Å²) >= 11 is 1.62. The van der Waals surface area contributed by atoms with Crippen LogP contribution in [0.5, 0.6) is 0 Å². The summed E-state index contributed by atoms with van der Waals surface area (Å²) in [4.78, 5) is 21.0. The maximum atomic E-state index is 12.3. The van der Waals surface area contributed by atoms with Gasteiger partial charge in [0.05, 0.1) is 13.7 Å². The number of nitrogens with zero attached hydrogens (tertiary/aromatic N) is 2. The van der Waals surface area contributed by atoms with Gasteiger partial charge in [-0.15, -0.1) is 11.3 Å². The summed E-state index contributed by atoms with van der Waals surface area (Å²) in [6.07, 6.45) is 11.6. The zero-order valence-corrected chi connectivity index (χ0v) is 16.2. The first-order valence-corrected chi connectivity index (χ1v) is 9.80. The van der Waals surface area contributed by atoms with Gasteiger partial charge in [0.1, 0.15) is 0 Å². The monoisotopic (exact) mass is 392 g/mol. The molecule has 2 atom stereocenters. The lowest BCUT2D eigenvalue weighted by atomic mass is 10.1. The molecule has 0 radical (unpaired) electrons. The number of esters is 1. The second kappa shape index (κ2) is 8.27. The van der Waals surface area contributed by atoms with Crippen LogP contribution in [-0.4, -0.2) is 29.9 Å². The molecule has 1 aromatic heterocycles. The van der Waals surface area contributed by atoms with Crippen LogP contribution in [0.25, 0.3) is 0 Å². The number of benzene rings is 1. The minimum absolute atomic E-state index is 0.393. The molecule has 4 rings (SSSR count). The third-order valence-corrected chi connectivity index (χ3v) is 5.57. The van der Waals surface area contributed by atoms with E-state index in [0.29, 0.717) is 5.90 Å². The number of thiophene rings is 1. The molecule has 3 heterocycles. The number of carbonyl (C=O) groups excluding carboxylic acids is 1. The third kappa shape index (κ3) is 3.92. The third-order valence-electron chi connectivity index (χ3n) is 4.43. The molecule has 0 N–H and O–H groups in total. The van der Waals surface area contributed by atoms with Gasteiger partial charge in [0, 0.05) is 27.7 Å². The van der Waals surface area contributed by atoms with Gasteiger partial charge in [-0.05, 0) is 36.4 Å². The zero-order chi connectivity index (χ0) is 19.3. The molecule has 0 bridgehead atoms. The van der Waals surface area contributed by atoms with E-state index in [2.05, 4.69) is 16.0 Å². The minimum Gasteiger partial charge on any atom is -0.467 e. The smallest absolute Gasteiger partial charge is 0.335 e. The summed E-state index contributed by atoms with van der Waals surface area (Å²) < 4.78 is 11.1. The Balaban J connectivity index is 1.54. The molecule has 5 nitrogen and oxygen atoms in total. The van der Waals surface area contributed by atoms with Crippen LogP contribution in [-0.2, 0) is 20.8 Å². The number of hydrogen-bond donors (Lipinski definition) is 0. The molecule has 0 aliphatic carbocycles. The van der Waals surface area contributed by atoms with Crippen molar-refractivity contribution in [1.82, 2.24) is 4.90 Å². The Morgan fingerprint density at radius 1 is 1.11 bits per heavy atom. The summed E-state index contributed by atoms with van der Waals surface area (Å²) in [5.41, 5.74) is 0.850. The fourth-order valence-electron chi connectivity index (χ4n) is 3.06. The molecule has 0 spiro atoms. The second-order valence-electron chi connectivity index (χ2n) is 6.35. The van der Waals surface area contributed by atoms with Gasteiger partial charge in [-0.3, -0.25) is 0 Å². The standard InChI is InChI=1S/C22H20N2O3S/c1-26-22(25)19-20(27-21(23-19)16-9-5-4-6-10-16)18-12-11-17(28-18)15-24-13-7-2-3-8-14-24/h2-14,19-20H,15H2,1H3. The van der Waals surface area contributed by atoms with Crippen molar-refractivity contribution in [1.29, 1.82) is 0 Å². The van der Waals surface area contributed by atoms with Gasteiger partial charge >= 0.3 is 5.97 Å². The Morgan fingerprint density at radius 2 is 1.86 bits per heavy atom. The Bertz CT molecular complexity index is 943. The van der Waals surface area contributed by atoms with Gasteiger partial charge < -0.3 is 14.4 Å². The summed E-state index contributed by atoms with van der Waals surface area (Å²) in [6.45, 7) is 0.751. The number of rotatable bonds is 5. The fraction of sp³-hybridized carbons (Fsp3) is 0.182. The van der Waals surface area contributed by atoms with Crippen molar-refractivity contribution in [2.45, 2.75) is 18.7 Å². The first-order valence-electron chi connectivity index (χ1n) is 8.98. The molecule has 142 valence electrons. The lowest BCUT2D eigenvalue weighted by Crippen LogP contribution is -2.24. The first kappa shape index (κ1) is 18.3. The highest BCUT2D eigenvalue weighted by atomic mass is 32.1. The Morgan fingerprint density at radius 3 is 2.57 bits per heavy atom. The van der Waals surface area contributed by atoms with E-state index in [1.807, 2.05) is 73.1 Å². The summed E-state index contributed by atoms with van der Waals surface area (Å²) in [5, 5.41) is 0. The summed E-state index contributed by atoms with van der Waals surface area (Å²) in [7, 11) is 1.38. The van der Waals surface area contributed by atoms with Gasteiger partial charge in [0.2, 0.25) is 5.90 Å². The zero-order valence-electron chi connectivity index (χ0n) is 15.4. The van der Waals surface area contributed by atoms with Gasteiger partial charge in [-0.25, -0.2) is 9.79 Å². The van der Waals surface area contributed by atoms with Crippen LogP contribution in [0.1, 0.15) is 21.4 Å². The van der Waals surface area contributed by atoms with E-state index < -0.39 is 18.1 Å². The first-order chi connectivity index (χ1) is 13.7. The Labute approximate surface area is 167 Å². The molecule has 1 aromatic carbocycles. The predicted molar refractivity (Wildman–Crippen MR) is 110 cm³/mol. The molecule has 28 heavy (non-hydrogen) atoms. The lowest BCUT2D eigenvalue weighted by Gasteiger charge is -2.15. The molecular formula is C22H20N2O3S. The minimum atomic E-state index is -0.700. The van der Waals surface area contributed by atoms with E-state index >= 15 is 0 Å². The molecule has 2 aromatic rings. The molecule has 0 amide bonds. The maximum absolute atomic E-state index is 12.3. The normalized spacial score (nSPS) is 20.6. The van der Waals surface area contributed by atoms with Gasteiger partial charge in [-0.2, -0.15) is 0 Å². The van der Waals surface area contributed by atoms with E-state index in [-0.39, 0.29) is 0 Å². The molecule has 0 saturated carbocycles. The quantitative estimate of drug-likeness (QED) is 0.716. The molecule has 0 saturated heterocycles. The van der Waals surface area contributed by atoms with Gasteiger partial charge in [0.25, 0.3) is 0 Å². The van der Waals surface area contributed by atoms with Crippen LogP contribution in [0.2, 0.25) is 0 Å². The van der Waals surface area contributed by atoms with Crippen molar-refractivity contribution >= 4 is 23.2 Å². The van der Waals surface area contributed by atoms with Crippen molar-refractivity contribution < 1.29 is 14.3 Å². The van der Waals surface area contributed by atoms with Crippen LogP contribution < -0.4 is 0 Å². The van der Waals surface area contributed by atoms with Crippen molar-refractivity contribution in [3.05, 3.63) is 94.5 Å². The molecule has 2 aliphatic rings. The molecule has 6 heteroatoms. The number of methoxy groups -OCH3 is 1. The van der Waals surface area contributed by atoms with Crippen LogP contribution >= 0.6 is 11.3 Å². The molecular weight excluding hydrogens is 372 g/mol. The highest BCUT2D eigenvalue weighted by Gasteiger charge is 2.39. The summed E-state index contributed by atoms with van der Waals surface area (Å²) in [6, 6.07) is 13.0.